The number of thiazole rings is 1. The summed E-state index contributed by atoms with van der Waals surface area (Å²) in [7, 11) is 6.67. The average molecular weight is 393 g/mol. The first-order chi connectivity index (χ1) is 13.1. The van der Waals surface area contributed by atoms with Crippen molar-refractivity contribution < 1.29 is 14.2 Å². The van der Waals surface area contributed by atoms with Crippen LogP contribution in [0.15, 0.2) is 22.5 Å². The van der Waals surface area contributed by atoms with Gasteiger partial charge >= 0.3 is 0 Å². The predicted molar refractivity (Wildman–Crippen MR) is 110 cm³/mol. The molecular weight excluding hydrogens is 364 g/mol. The van der Waals surface area contributed by atoms with E-state index in [-0.39, 0.29) is 0 Å². The molecule has 0 aliphatic carbocycles. The fraction of sp³-hybridized carbons (Fsp3) is 0.474. The number of nitrogens with zero attached hydrogens (tertiary/aromatic N) is 2. The van der Waals surface area contributed by atoms with Gasteiger partial charge in [0.05, 0.1) is 32.0 Å². The quantitative estimate of drug-likeness (QED) is 0.504. The molecule has 0 unspecified atom stereocenters. The maximum atomic E-state index is 5.49. The maximum Gasteiger partial charge on any atom is 0.190 e. The lowest BCUT2D eigenvalue weighted by molar-refractivity contribution is 0.368. The van der Waals surface area contributed by atoms with Crippen molar-refractivity contribution in [3.05, 3.63) is 33.8 Å². The van der Waals surface area contributed by atoms with Crippen molar-refractivity contribution in [3.8, 4) is 17.2 Å². The van der Waals surface area contributed by atoms with E-state index in [0.717, 1.165) is 53.1 Å². The first-order valence-electron chi connectivity index (χ1n) is 8.75. The summed E-state index contributed by atoms with van der Waals surface area (Å²) in [5.74, 6) is 2.95. The van der Waals surface area contributed by atoms with E-state index >= 15 is 0 Å². The van der Waals surface area contributed by atoms with Crippen molar-refractivity contribution >= 4 is 17.3 Å². The molecule has 0 radical (unpaired) electrons. The third-order valence-electron chi connectivity index (χ3n) is 4.05. The van der Waals surface area contributed by atoms with Gasteiger partial charge < -0.3 is 24.8 Å². The molecule has 2 aromatic rings. The summed E-state index contributed by atoms with van der Waals surface area (Å²) in [6.07, 6.45) is 1.59. The van der Waals surface area contributed by atoms with Gasteiger partial charge in [-0.05, 0) is 13.3 Å². The zero-order valence-corrected chi connectivity index (χ0v) is 17.4. The Bertz CT molecular complexity index is 736. The first-order valence-corrected chi connectivity index (χ1v) is 9.63. The molecule has 0 atom stereocenters. The standard InChI is InChI=1S/C19H28N4O3S/c1-13-23-14(12-27-13)6-8-21-19(20-2)22-9-7-16-17(25-4)10-15(24-3)11-18(16)26-5/h10-12H,6-9H2,1-5H3,(H2,20,21,22). The molecule has 2 N–H and O–H groups in total. The monoisotopic (exact) mass is 392 g/mol. The first kappa shape index (κ1) is 20.8. The number of hydrogen-bond acceptors (Lipinski definition) is 6. The fourth-order valence-corrected chi connectivity index (χ4v) is 3.33. The van der Waals surface area contributed by atoms with Gasteiger partial charge in [0.1, 0.15) is 17.2 Å². The fourth-order valence-electron chi connectivity index (χ4n) is 2.68. The Morgan fingerprint density at radius 1 is 1.04 bits per heavy atom. The summed E-state index contributed by atoms with van der Waals surface area (Å²) in [5, 5.41) is 9.81. The Balaban J connectivity index is 1.88. The molecule has 27 heavy (non-hydrogen) atoms. The number of nitrogens with one attached hydrogen (secondary N) is 2. The maximum absolute atomic E-state index is 5.49. The van der Waals surface area contributed by atoms with Gasteiger partial charge in [-0.15, -0.1) is 11.3 Å². The molecule has 0 amide bonds. The van der Waals surface area contributed by atoms with Crippen molar-refractivity contribution in [2.75, 3.05) is 41.5 Å². The van der Waals surface area contributed by atoms with Crippen LogP contribution in [-0.4, -0.2) is 52.4 Å². The van der Waals surface area contributed by atoms with E-state index in [1.807, 2.05) is 19.1 Å². The van der Waals surface area contributed by atoms with Crippen molar-refractivity contribution in [1.29, 1.82) is 0 Å². The Morgan fingerprint density at radius 3 is 2.15 bits per heavy atom. The van der Waals surface area contributed by atoms with Crippen LogP contribution in [0.4, 0.5) is 0 Å². The zero-order valence-electron chi connectivity index (χ0n) is 16.6. The summed E-state index contributed by atoms with van der Waals surface area (Å²) in [6, 6.07) is 3.72. The third-order valence-corrected chi connectivity index (χ3v) is 4.87. The van der Waals surface area contributed by atoms with Crippen LogP contribution in [0.3, 0.4) is 0 Å². The topological polar surface area (TPSA) is 77.0 Å². The van der Waals surface area contributed by atoms with E-state index < -0.39 is 0 Å². The van der Waals surface area contributed by atoms with E-state index in [4.69, 9.17) is 14.2 Å². The van der Waals surface area contributed by atoms with Gasteiger partial charge in [0, 0.05) is 49.6 Å². The number of hydrogen-bond donors (Lipinski definition) is 2. The lowest BCUT2D eigenvalue weighted by atomic mass is 10.1. The Morgan fingerprint density at radius 2 is 1.67 bits per heavy atom. The molecule has 8 heteroatoms. The van der Waals surface area contributed by atoms with Gasteiger partial charge in [0.2, 0.25) is 0 Å². The summed E-state index contributed by atoms with van der Waals surface area (Å²) in [6.45, 7) is 3.48. The Kier molecular flexibility index (Phi) is 8.19. The second kappa shape index (κ2) is 10.6. The van der Waals surface area contributed by atoms with E-state index in [2.05, 4.69) is 26.0 Å². The van der Waals surface area contributed by atoms with Gasteiger partial charge in [-0.3, -0.25) is 4.99 Å². The highest BCUT2D eigenvalue weighted by Crippen LogP contribution is 2.34. The summed E-state index contributed by atoms with van der Waals surface area (Å²) in [4.78, 5) is 8.73. The highest BCUT2D eigenvalue weighted by atomic mass is 32.1. The second-order valence-corrected chi connectivity index (χ2v) is 6.86. The summed E-state index contributed by atoms with van der Waals surface area (Å²) < 4.78 is 16.3. The molecule has 1 aromatic heterocycles. The van der Waals surface area contributed by atoms with Crippen LogP contribution in [0.1, 0.15) is 16.3 Å². The largest absolute Gasteiger partial charge is 0.496 e. The molecule has 1 aromatic carbocycles. The van der Waals surface area contributed by atoms with Crippen LogP contribution in [0.25, 0.3) is 0 Å². The molecule has 0 spiro atoms. The number of aromatic nitrogens is 1. The van der Waals surface area contributed by atoms with Crippen LogP contribution in [0.5, 0.6) is 17.2 Å². The molecule has 0 saturated heterocycles. The van der Waals surface area contributed by atoms with E-state index in [0.29, 0.717) is 12.3 Å². The minimum Gasteiger partial charge on any atom is -0.496 e. The highest BCUT2D eigenvalue weighted by Gasteiger charge is 2.13. The van der Waals surface area contributed by atoms with Crippen LogP contribution in [-0.2, 0) is 12.8 Å². The number of benzene rings is 1. The minimum absolute atomic E-state index is 0.689. The molecular formula is C19H28N4O3S. The number of aryl methyl sites for hydroxylation is 1. The number of ether oxygens (including phenoxy) is 3. The SMILES string of the molecule is CN=C(NCCc1csc(C)n1)NCCc1c(OC)cc(OC)cc1OC. The molecule has 2 rings (SSSR count). The minimum atomic E-state index is 0.689. The van der Waals surface area contributed by atoms with Crippen LogP contribution in [0.2, 0.25) is 0 Å². The number of methoxy groups -OCH3 is 3. The normalized spacial score (nSPS) is 11.2. The Labute approximate surface area is 164 Å². The van der Waals surface area contributed by atoms with Crippen molar-refractivity contribution in [2.45, 2.75) is 19.8 Å². The summed E-state index contributed by atoms with van der Waals surface area (Å²) in [5.41, 5.74) is 2.09. The van der Waals surface area contributed by atoms with E-state index in [1.54, 1.807) is 39.7 Å². The molecule has 0 aliphatic rings. The lowest BCUT2D eigenvalue weighted by Gasteiger charge is -2.16. The molecule has 0 aliphatic heterocycles. The molecule has 148 valence electrons. The van der Waals surface area contributed by atoms with Gasteiger partial charge in [-0.25, -0.2) is 4.98 Å². The molecule has 0 saturated carbocycles. The Hall–Kier alpha value is -2.48. The third kappa shape index (κ3) is 6.02. The van der Waals surface area contributed by atoms with Gasteiger partial charge in [-0.1, -0.05) is 0 Å². The molecule has 0 fully saturated rings. The van der Waals surface area contributed by atoms with E-state index in [9.17, 15) is 0 Å². The highest BCUT2D eigenvalue weighted by molar-refractivity contribution is 7.09. The number of rotatable bonds is 9. The molecule has 7 nitrogen and oxygen atoms in total. The molecule has 1 heterocycles. The smallest absolute Gasteiger partial charge is 0.190 e. The average Bonchev–Trinajstić information content (AvgIpc) is 3.11. The lowest BCUT2D eigenvalue weighted by Crippen LogP contribution is -2.39. The van der Waals surface area contributed by atoms with Crippen LogP contribution < -0.4 is 24.8 Å². The number of guanidine groups is 1. The van der Waals surface area contributed by atoms with Gasteiger partial charge in [0.15, 0.2) is 5.96 Å². The van der Waals surface area contributed by atoms with E-state index in [1.165, 1.54) is 0 Å². The van der Waals surface area contributed by atoms with Crippen molar-refractivity contribution in [2.24, 2.45) is 4.99 Å². The van der Waals surface area contributed by atoms with Crippen molar-refractivity contribution in [3.63, 3.8) is 0 Å². The number of aliphatic imine (C=N–C) groups is 1. The second-order valence-electron chi connectivity index (χ2n) is 5.79. The zero-order chi connectivity index (χ0) is 19.6. The van der Waals surface area contributed by atoms with Crippen LogP contribution >= 0.6 is 11.3 Å². The molecule has 0 bridgehead atoms. The van der Waals surface area contributed by atoms with Crippen molar-refractivity contribution in [1.82, 2.24) is 15.6 Å². The summed E-state index contributed by atoms with van der Waals surface area (Å²) >= 11 is 1.67. The van der Waals surface area contributed by atoms with Gasteiger partial charge in [-0.2, -0.15) is 0 Å². The predicted octanol–water partition coefficient (Wildman–Crippen LogP) is 2.43. The van der Waals surface area contributed by atoms with Crippen LogP contribution in [0, 0.1) is 6.92 Å². The van der Waals surface area contributed by atoms with Gasteiger partial charge in [0.25, 0.3) is 0 Å².